The molecule has 2 nitrogen and oxygen atoms in total. The molecule has 0 heterocycles. The van der Waals surface area contributed by atoms with Crippen LogP contribution in [-0.2, 0) is 0 Å². The van der Waals surface area contributed by atoms with Crippen LogP contribution in [0.2, 0.25) is 0 Å². The summed E-state index contributed by atoms with van der Waals surface area (Å²) in [6.07, 6.45) is 0. The lowest BCUT2D eigenvalue weighted by Gasteiger charge is -2.24. The molecule has 0 saturated heterocycles. The molecule has 0 aromatic heterocycles. The van der Waals surface area contributed by atoms with Crippen LogP contribution < -0.4 is 10.6 Å². The van der Waals surface area contributed by atoms with Gasteiger partial charge < -0.3 is 10.6 Å². The van der Waals surface area contributed by atoms with E-state index in [1.807, 2.05) is 13.0 Å². The third kappa shape index (κ3) is 2.69. The predicted octanol–water partition coefficient (Wildman–Crippen LogP) is 2.47. The normalized spacial score (nSPS) is 10.5. The molecule has 0 aliphatic carbocycles. The highest BCUT2D eigenvalue weighted by Gasteiger charge is 2.07. The number of rotatable bonds is 3. The highest BCUT2D eigenvalue weighted by Crippen LogP contribution is 2.19. The van der Waals surface area contributed by atoms with E-state index in [-0.39, 0.29) is 0 Å². The molecule has 15 heavy (non-hydrogen) atoms. The Morgan fingerprint density at radius 2 is 2.00 bits per heavy atom. The van der Waals surface area contributed by atoms with E-state index in [4.69, 9.17) is 18.0 Å². The summed E-state index contributed by atoms with van der Waals surface area (Å²) in [6, 6.07) is 6.65. The zero-order chi connectivity index (χ0) is 11.6. The summed E-state index contributed by atoms with van der Waals surface area (Å²) >= 11 is 4.97. The van der Waals surface area contributed by atoms with Crippen molar-refractivity contribution in [2.75, 3.05) is 11.9 Å². The number of anilines is 1. The van der Waals surface area contributed by atoms with E-state index >= 15 is 0 Å². The van der Waals surface area contributed by atoms with Gasteiger partial charge in [-0.05, 0) is 44.5 Å². The van der Waals surface area contributed by atoms with Crippen molar-refractivity contribution >= 4 is 22.9 Å². The van der Waals surface area contributed by atoms with E-state index in [2.05, 4.69) is 37.9 Å². The summed E-state index contributed by atoms with van der Waals surface area (Å²) in [7, 11) is 2.08. The van der Waals surface area contributed by atoms with Crippen LogP contribution in [-0.4, -0.2) is 18.1 Å². The molecule has 1 aromatic rings. The number of benzene rings is 1. The zero-order valence-electron chi connectivity index (χ0n) is 9.74. The van der Waals surface area contributed by atoms with Crippen LogP contribution in [0.4, 0.5) is 5.69 Å². The predicted molar refractivity (Wildman–Crippen MR) is 70.6 cm³/mol. The number of nitrogens with zero attached hydrogens (tertiary/aromatic N) is 1. The summed E-state index contributed by atoms with van der Waals surface area (Å²) in [4.78, 5) is 2.68. The Hall–Kier alpha value is -1.09. The lowest BCUT2D eigenvalue weighted by Crippen LogP contribution is -2.25. The fraction of sp³-hybridized carbons (Fsp3) is 0.417. The van der Waals surface area contributed by atoms with Crippen LogP contribution in [0.5, 0.6) is 0 Å². The van der Waals surface area contributed by atoms with Gasteiger partial charge in [-0.15, -0.1) is 0 Å². The summed E-state index contributed by atoms with van der Waals surface area (Å²) in [6.45, 7) is 6.36. The van der Waals surface area contributed by atoms with Gasteiger partial charge in [0.25, 0.3) is 0 Å². The maximum absolute atomic E-state index is 5.62. The first-order chi connectivity index (χ1) is 6.93. The van der Waals surface area contributed by atoms with Gasteiger partial charge in [0, 0.05) is 24.3 Å². The second-order valence-corrected chi connectivity index (χ2v) is 4.51. The van der Waals surface area contributed by atoms with Crippen molar-refractivity contribution in [1.29, 1.82) is 0 Å². The molecular formula is C12H18N2S. The first kappa shape index (κ1) is 12.0. The average molecular weight is 222 g/mol. The highest BCUT2D eigenvalue weighted by atomic mass is 32.1. The van der Waals surface area contributed by atoms with Crippen LogP contribution in [0.15, 0.2) is 18.2 Å². The van der Waals surface area contributed by atoms with Crippen LogP contribution >= 0.6 is 12.2 Å². The third-order valence-electron chi connectivity index (χ3n) is 2.66. The Morgan fingerprint density at radius 1 is 1.40 bits per heavy atom. The van der Waals surface area contributed by atoms with Gasteiger partial charge in [0.05, 0.1) is 0 Å². The minimum atomic E-state index is 0.464. The van der Waals surface area contributed by atoms with Crippen molar-refractivity contribution in [2.24, 2.45) is 5.73 Å². The quantitative estimate of drug-likeness (QED) is 0.797. The lowest BCUT2D eigenvalue weighted by molar-refractivity contribution is 0.754. The van der Waals surface area contributed by atoms with Gasteiger partial charge in [-0.3, -0.25) is 0 Å². The van der Waals surface area contributed by atoms with Crippen molar-refractivity contribution in [1.82, 2.24) is 0 Å². The van der Waals surface area contributed by atoms with Crippen LogP contribution in [0.1, 0.15) is 25.0 Å². The van der Waals surface area contributed by atoms with Gasteiger partial charge in [-0.25, -0.2) is 0 Å². The Balaban J connectivity index is 3.06. The maximum Gasteiger partial charge on any atom is 0.104 e. The minimum Gasteiger partial charge on any atom is -0.389 e. The van der Waals surface area contributed by atoms with Gasteiger partial charge in [0.15, 0.2) is 0 Å². The van der Waals surface area contributed by atoms with Gasteiger partial charge in [-0.2, -0.15) is 0 Å². The fourth-order valence-corrected chi connectivity index (χ4v) is 1.67. The van der Waals surface area contributed by atoms with E-state index < -0.39 is 0 Å². The molecule has 0 spiro atoms. The van der Waals surface area contributed by atoms with E-state index in [1.54, 1.807) is 0 Å². The topological polar surface area (TPSA) is 29.3 Å². The number of thiocarbonyl (C=S) groups is 1. The summed E-state index contributed by atoms with van der Waals surface area (Å²) in [5.74, 6) is 0. The molecule has 82 valence electrons. The second-order valence-electron chi connectivity index (χ2n) is 4.07. The average Bonchev–Trinajstić information content (AvgIpc) is 2.15. The molecule has 3 heteroatoms. The van der Waals surface area contributed by atoms with Gasteiger partial charge in [-0.1, -0.05) is 12.2 Å². The smallest absolute Gasteiger partial charge is 0.104 e. The molecule has 0 saturated carbocycles. The van der Waals surface area contributed by atoms with Crippen molar-refractivity contribution in [3.8, 4) is 0 Å². The first-order valence-electron chi connectivity index (χ1n) is 5.06. The molecular weight excluding hydrogens is 204 g/mol. The standard InChI is InChI=1S/C12H18N2S/c1-8(2)14(4)10-5-6-11(12(13)15)9(3)7-10/h5-8H,1-4H3,(H2,13,15). The largest absolute Gasteiger partial charge is 0.389 e. The molecule has 0 unspecified atom stereocenters. The van der Waals surface area contributed by atoms with Crippen molar-refractivity contribution in [3.63, 3.8) is 0 Å². The second kappa shape index (κ2) is 4.62. The van der Waals surface area contributed by atoms with Crippen LogP contribution in [0.25, 0.3) is 0 Å². The van der Waals surface area contributed by atoms with Crippen LogP contribution in [0, 0.1) is 6.92 Å². The summed E-state index contributed by atoms with van der Waals surface area (Å²) in [5, 5.41) is 0. The van der Waals surface area contributed by atoms with Crippen LogP contribution in [0.3, 0.4) is 0 Å². The van der Waals surface area contributed by atoms with Gasteiger partial charge in [0.2, 0.25) is 0 Å². The van der Waals surface area contributed by atoms with Crippen molar-refractivity contribution in [2.45, 2.75) is 26.8 Å². The fourth-order valence-electron chi connectivity index (χ4n) is 1.44. The third-order valence-corrected chi connectivity index (χ3v) is 2.88. The number of hydrogen-bond donors (Lipinski definition) is 1. The number of hydrogen-bond acceptors (Lipinski definition) is 2. The molecule has 0 fully saturated rings. The molecule has 0 aliphatic heterocycles. The zero-order valence-corrected chi connectivity index (χ0v) is 10.6. The van der Waals surface area contributed by atoms with Gasteiger partial charge in [0.1, 0.15) is 4.99 Å². The number of nitrogens with two attached hydrogens (primary N) is 1. The lowest BCUT2D eigenvalue weighted by atomic mass is 10.1. The SMILES string of the molecule is Cc1cc(N(C)C(C)C)ccc1C(N)=S. The highest BCUT2D eigenvalue weighted by molar-refractivity contribution is 7.80. The monoisotopic (exact) mass is 222 g/mol. The molecule has 0 aliphatic rings. The Labute approximate surface area is 97.1 Å². The maximum atomic E-state index is 5.62. The van der Waals surface area contributed by atoms with E-state index in [0.717, 1.165) is 11.1 Å². The minimum absolute atomic E-state index is 0.464. The molecule has 0 bridgehead atoms. The molecule has 0 atom stereocenters. The summed E-state index contributed by atoms with van der Waals surface area (Å²) in [5.41, 5.74) is 8.91. The van der Waals surface area contributed by atoms with Gasteiger partial charge >= 0.3 is 0 Å². The Bertz CT molecular complexity index is 372. The Morgan fingerprint density at radius 3 is 2.40 bits per heavy atom. The molecule has 0 amide bonds. The van der Waals surface area contributed by atoms with Crippen molar-refractivity contribution < 1.29 is 0 Å². The van der Waals surface area contributed by atoms with E-state index in [9.17, 15) is 0 Å². The molecule has 1 rings (SSSR count). The molecule has 2 N–H and O–H groups in total. The molecule has 1 aromatic carbocycles. The van der Waals surface area contributed by atoms with E-state index in [1.165, 1.54) is 5.69 Å². The first-order valence-corrected chi connectivity index (χ1v) is 5.47. The van der Waals surface area contributed by atoms with Crippen molar-refractivity contribution in [3.05, 3.63) is 29.3 Å². The Kier molecular flexibility index (Phi) is 3.69. The van der Waals surface area contributed by atoms with E-state index in [0.29, 0.717) is 11.0 Å². The number of aryl methyl sites for hydroxylation is 1. The molecule has 0 radical (unpaired) electrons. The summed E-state index contributed by atoms with van der Waals surface area (Å²) < 4.78 is 0.